The first-order valence-electron chi connectivity index (χ1n) is 10.4. The lowest BCUT2D eigenvalue weighted by Gasteiger charge is -2.09. The molecule has 4 aromatic rings. The molecule has 0 bridgehead atoms. The topological polar surface area (TPSA) is 114 Å². The number of carbonyl (C=O) groups is 1. The van der Waals surface area contributed by atoms with Crippen LogP contribution in [0.2, 0.25) is 0 Å². The summed E-state index contributed by atoms with van der Waals surface area (Å²) in [5.41, 5.74) is 3.84. The summed E-state index contributed by atoms with van der Waals surface area (Å²) in [6.45, 7) is 5.97. The van der Waals surface area contributed by atoms with Crippen LogP contribution < -0.4 is 10.0 Å². The predicted molar refractivity (Wildman–Crippen MR) is 127 cm³/mol. The summed E-state index contributed by atoms with van der Waals surface area (Å²) < 4.78 is 33.1. The van der Waals surface area contributed by atoms with E-state index in [2.05, 4.69) is 39.9 Å². The number of amides is 1. The van der Waals surface area contributed by atoms with Gasteiger partial charge in [0.15, 0.2) is 0 Å². The number of aromatic nitrogens is 2. The van der Waals surface area contributed by atoms with E-state index in [1.54, 1.807) is 19.3 Å². The van der Waals surface area contributed by atoms with Crippen LogP contribution in [0.3, 0.4) is 0 Å². The molecule has 4 rings (SSSR count). The van der Waals surface area contributed by atoms with E-state index in [0.29, 0.717) is 17.3 Å². The highest BCUT2D eigenvalue weighted by molar-refractivity contribution is 7.92. The Labute approximate surface area is 192 Å². The maximum absolute atomic E-state index is 12.6. The fraction of sp³-hybridized carbons (Fsp3) is 0.208. The molecule has 2 aromatic heterocycles. The summed E-state index contributed by atoms with van der Waals surface area (Å²) in [6, 6.07) is 13.6. The molecule has 0 atom stereocenters. The number of hydrogen-bond donors (Lipinski definition) is 2. The van der Waals surface area contributed by atoms with Crippen molar-refractivity contribution < 1.29 is 17.6 Å². The molecule has 0 saturated heterocycles. The fourth-order valence-corrected chi connectivity index (χ4v) is 4.32. The number of nitrogens with one attached hydrogen (secondary N) is 2. The molecule has 0 aliphatic heterocycles. The van der Waals surface area contributed by atoms with Crippen molar-refractivity contribution in [3.8, 4) is 0 Å². The van der Waals surface area contributed by atoms with Gasteiger partial charge in [-0.1, -0.05) is 19.9 Å². The Hall–Kier alpha value is -3.72. The largest absolute Gasteiger partial charge is 0.464 e. The van der Waals surface area contributed by atoms with Crippen molar-refractivity contribution in [3.63, 3.8) is 0 Å². The first-order valence-corrected chi connectivity index (χ1v) is 11.9. The Morgan fingerprint density at radius 2 is 1.85 bits per heavy atom. The zero-order valence-electron chi connectivity index (χ0n) is 18.5. The molecule has 170 valence electrons. The normalized spacial score (nSPS) is 11.6. The van der Waals surface area contributed by atoms with Crippen molar-refractivity contribution in [3.05, 3.63) is 77.8 Å². The highest BCUT2D eigenvalue weighted by Crippen LogP contribution is 2.26. The maximum Gasteiger partial charge on any atom is 0.264 e. The van der Waals surface area contributed by atoms with E-state index in [4.69, 9.17) is 4.42 Å². The summed E-state index contributed by atoms with van der Waals surface area (Å²) in [5.74, 6) is 0.141. The zero-order chi connectivity index (χ0) is 23.6. The molecule has 9 heteroatoms. The van der Waals surface area contributed by atoms with Crippen LogP contribution in [0.4, 0.5) is 11.6 Å². The molecule has 8 nitrogen and oxygen atoms in total. The minimum Gasteiger partial charge on any atom is -0.464 e. The standard InChI is InChI=1S/C24H24N4O4S/c1-15(2)17-4-9-22-21(12-17)18(14-32-22)13-23(29)27-19-5-7-20(8-6-19)33(30,31)28-24-25-11-10-16(3)26-24/h4-12,14-15H,13H2,1-3H3,(H,27,29)(H,25,26,28). The summed E-state index contributed by atoms with van der Waals surface area (Å²) in [4.78, 5) is 20.6. The Bertz CT molecular complexity index is 1410. The third kappa shape index (κ3) is 5.20. The second-order valence-electron chi connectivity index (χ2n) is 8.05. The number of rotatable bonds is 7. The quantitative estimate of drug-likeness (QED) is 0.412. The predicted octanol–water partition coefficient (Wildman–Crippen LogP) is 4.64. The van der Waals surface area contributed by atoms with Crippen LogP contribution in [0.5, 0.6) is 0 Å². The van der Waals surface area contributed by atoms with Gasteiger partial charge < -0.3 is 9.73 Å². The number of aryl methyl sites for hydroxylation is 1. The van der Waals surface area contributed by atoms with E-state index in [1.165, 1.54) is 36.0 Å². The molecule has 2 aromatic carbocycles. The van der Waals surface area contributed by atoms with Crippen LogP contribution in [0.25, 0.3) is 11.0 Å². The molecular weight excluding hydrogens is 440 g/mol. The minimum atomic E-state index is -3.85. The highest BCUT2D eigenvalue weighted by atomic mass is 32.2. The Kier molecular flexibility index (Phi) is 6.15. The molecule has 33 heavy (non-hydrogen) atoms. The second kappa shape index (κ2) is 9.03. The third-order valence-electron chi connectivity index (χ3n) is 5.16. The van der Waals surface area contributed by atoms with Gasteiger partial charge in [-0.15, -0.1) is 0 Å². The Morgan fingerprint density at radius 1 is 1.09 bits per heavy atom. The number of furan rings is 1. The third-order valence-corrected chi connectivity index (χ3v) is 6.51. The maximum atomic E-state index is 12.6. The van der Waals surface area contributed by atoms with Crippen LogP contribution in [0.1, 0.15) is 36.6 Å². The first kappa shape index (κ1) is 22.5. The van der Waals surface area contributed by atoms with Crippen LogP contribution >= 0.6 is 0 Å². The summed E-state index contributed by atoms with van der Waals surface area (Å²) in [7, 11) is -3.85. The van der Waals surface area contributed by atoms with Gasteiger partial charge in [-0.3, -0.25) is 4.79 Å². The minimum absolute atomic E-state index is 0.000317. The van der Waals surface area contributed by atoms with Crippen molar-refractivity contribution in [2.45, 2.75) is 38.0 Å². The zero-order valence-corrected chi connectivity index (χ0v) is 19.3. The van der Waals surface area contributed by atoms with Gasteiger partial charge in [-0.2, -0.15) is 0 Å². The van der Waals surface area contributed by atoms with Gasteiger partial charge in [0, 0.05) is 28.5 Å². The van der Waals surface area contributed by atoms with Crippen LogP contribution in [-0.4, -0.2) is 24.3 Å². The van der Waals surface area contributed by atoms with Crippen molar-refractivity contribution in [2.24, 2.45) is 0 Å². The molecule has 2 heterocycles. The molecule has 0 fully saturated rings. The van der Waals surface area contributed by atoms with Gasteiger partial charge in [0.05, 0.1) is 17.6 Å². The number of nitrogens with zero attached hydrogens (tertiary/aromatic N) is 2. The van der Waals surface area contributed by atoms with Crippen LogP contribution in [0.15, 0.2) is 70.3 Å². The molecule has 0 aliphatic carbocycles. The number of fused-ring (bicyclic) bond motifs is 1. The molecule has 0 unspecified atom stereocenters. The van der Waals surface area contributed by atoms with E-state index in [0.717, 1.165) is 16.5 Å². The summed E-state index contributed by atoms with van der Waals surface area (Å²) >= 11 is 0. The van der Waals surface area contributed by atoms with Gasteiger partial charge >= 0.3 is 0 Å². The summed E-state index contributed by atoms with van der Waals surface area (Å²) in [6.07, 6.45) is 3.22. The Morgan fingerprint density at radius 3 is 2.55 bits per heavy atom. The van der Waals surface area contributed by atoms with Gasteiger partial charge in [0.1, 0.15) is 5.58 Å². The summed E-state index contributed by atoms with van der Waals surface area (Å²) in [5, 5.41) is 3.72. The fourth-order valence-electron chi connectivity index (χ4n) is 3.37. The lowest BCUT2D eigenvalue weighted by Crippen LogP contribution is -2.16. The molecular formula is C24H24N4O4S. The van der Waals surface area contributed by atoms with E-state index in [9.17, 15) is 13.2 Å². The van der Waals surface area contributed by atoms with Crippen molar-refractivity contribution in [1.82, 2.24) is 9.97 Å². The van der Waals surface area contributed by atoms with Gasteiger partial charge in [-0.05, 0) is 60.9 Å². The lowest BCUT2D eigenvalue weighted by molar-refractivity contribution is -0.115. The van der Waals surface area contributed by atoms with E-state index in [-0.39, 0.29) is 23.2 Å². The van der Waals surface area contributed by atoms with E-state index < -0.39 is 10.0 Å². The molecule has 0 spiro atoms. The van der Waals surface area contributed by atoms with E-state index in [1.807, 2.05) is 12.1 Å². The monoisotopic (exact) mass is 464 g/mol. The van der Waals surface area contributed by atoms with Crippen molar-refractivity contribution in [2.75, 3.05) is 10.0 Å². The molecule has 0 saturated carbocycles. The van der Waals surface area contributed by atoms with Gasteiger partial charge in [0.2, 0.25) is 11.9 Å². The van der Waals surface area contributed by atoms with Crippen LogP contribution in [-0.2, 0) is 21.2 Å². The van der Waals surface area contributed by atoms with Crippen molar-refractivity contribution in [1.29, 1.82) is 0 Å². The van der Waals surface area contributed by atoms with E-state index >= 15 is 0 Å². The molecule has 0 radical (unpaired) electrons. The van der Waals surface area contributed by atoms with Gasteiger partial charge in [0.25, 0.3) is 10.0 Å². The number of carbonyl (C=O) groups excluding carboxylic acids is 1. The number of anilines is 2. The second-order valence-corrected chi connectivity index (χ2v) is 9.73. The molecule has 0 aliphatic rings. The average Bonchev–Trinajstić information content (AvgIpc) is 3.15. The SMILES string of the molecule is Cc1ccnc(NS(=O)(=O)c2ccc(NC(=O)Cc3coc4ccc(C(C)C)cc34)cc2)n1. The lowest BCUT2D eigenvalue weighted by atomic mass is 10.00. The number of benzene rings is 2. The number of sulfonamides is 1. The van der Waals surface area contributed by atoms with Gasteiger partial charge in [-0.25, -0.2) is 23.1 Å². The molecule has 1 amide bonds. The highest BCUT2D eigenvalue weighted by Gasteiger charge is 2.17. The first-order chi connectivity index (χ1) is 15.7. The average molecular weight is 465 g/mol. The smallest absolute Gasteiger partial charge is 0.264 e. The molecule has 2 N–H and O–H groups in total. The van der Waals surface area contributed by atoms with Crippen LogP contribution in [0, 0.1) is 6.92 Å². The van der Waals surface area contributed by atoms with Crippen molar-refractivity contribution >= 4 is 38.5 Å². The number of hydrogen-bond acceptors (Lipinski definition) is 6. The Balaban J connectivity index is 1.44.